The summed E-state index contributed by atoms with van der Waals surface area (Å²) in [6.45, 7) is 1.71. The average Bonchev–Trinajstić information content (AvgIpc) is 3.25. The van der Waals surface area contributed by atoms with Gasteiger partial charge in [0.05, 0.1) is 11.4 Å². The van der Waals surface area contributed by atoms with Crippen LogP contribution in [-0.4, -0.2) is 49.8 Å². The first-order chi connectivity index (χ1) is 11.0. The molecule has 2 N–H and O–H groups in total. The highest BCUT2D eigenvalue weighted by molar-refractivity contribution is 14.0. The lowest BCUT2D eigenvalue weighted by Gasteiger charge is -2.17. The van der Waals surface area contributed by atoms with Crippen LogP contribution in [0, 0.1) is 0 Å². The van der Waals surface area contributed by atoms with Crippen molar-refractivity contribution >= 4 is 40.0 Å². The first-order valence-corrected chi connectivity index (χ1v) is 9.54. The third-order valence-electron chi connectivity index (χ3n) is 4.51. The first-order valence-electron chi connectivity index (χ1n) is 8.10. The van der Waals surface area contributed by atoms with Crippen LogP contribution in [-0.2, 0) is 16.6 Å². The summed E-state index contributed by atoms with van der Waals surface area (Å²) in [7, 11) is -1.38. The highest BCUT2D eigenvalue weighted by Crippen LogP contribution is 2.25. The molecule has 1 aromatic rings. The molecule has 0 bridgehead atoms. The van der Waals surface area contributed by atoms with E-state index in [1.807, 2.05) is 24.1 Å². The summed E-state index contributed by atoms with van der Waals surface area (Å²) < 4.78 is 26.5. The molecule has 1 saturated heterocycles. The van der Waals surface area contributed by atoms with Crippen LogP contribution < -0.4 is 5.73 Å². The third kappa shape index (κ3) is 4.40. The van der Waals surface area contributed by atoms with Crippen molar-refractivity contribution in [3.05, 3.63) is 29.8 Å². The molecule has 8 heteroatoms. The van der Waals surface area contributed by atoms with Gasteiger partial charge in [0.25, 0.3) is 0 Å². The molecule has 0 spiro atoms. The maximum atomic E-state index is 12.5. The van der Waals surface area contributed by atoms with E-state index in [2.05, 4.69) is 4.99 Å². The molecule has 2 aliphatic rings. The second kappa shape index (κ2) is 8.01. The van der Waals surface area contributed by atoms with Gasteiger partial charge in [0, 0.05) is 26.2 Å². The summed E-state index contributed by atoms with van der Waals surface area (Å²) in [6, 6.07) is 7.50. The molecule has 0 aromatic heterocycles. The van der Waals surface area contributed by atoms with Crippen LogP contribution >= 0.6 is 24.0 Å². The zero-order valence-corrected chi connectivity index (χ0v) is 17.0. The molecule has 1 aliphatic carbocycles. The van der Waals surface area contributed by atoms with Gasteiger partial charge in [-0.05, 0) is 43.4 Å². The molecule has 0 unspecified atom stereocenters. The van der Waals surface area contributed by atoms with Crippen molar-refractivity contribution in [2.24, 2.45) is 10.7 Å². The van der Waals surface area contributed by atoms with Gasteiger partial charge in [-0.25, -0.2) is 13.4 Å². The molecule has 0 amide bonds. The summed E-state index contributed by atoms with van der Waals surface area (Å²) in [5, 5.41) is 0. The minimum Gasteiger partial charge on any atom is -0.370 e. The zero-order valence-electron chi connectivity index (χ0n) is 13.9. The van der Waals surface area contributed by atoms with Crippen LogP contribution in [0.1, 0.15) is 31.2 Å². The lowest BCUT2D eigenvalue weighted by molar-refractivity contribution is 0.477. The smallest absolute Gasteiger partial charge is 0.243 e. The van der Waals surface area contributed by atoms with E-state index in [-0.39, 0.29) is 24.0 Å². The number of nitrogens with zero attached hydrogens (tertiary/aromatic N) is 3. The summed E-state index contributed by atoms with van der Waals surface area (Å²) in [6.07, 6.45) is 4.24. The lowest BCUT2D eigenvalue weighted by Crippen LogP contribution is -2.35. The van der Waals surface area contributed by atoms with E-state index in [0.717, 1.165) is 18.4 Å². The topological polar surface area (TPSA) is 79.0 Å². The molecule has 0 radical (unpaired) electrons. The quantitative estimate of drug-likeness (QED) is 0.411. The fourth-order valence-corrected chi connectivity index (χ4v) is 4.29. The van der Waals surface area contributed by atoms with E-state index in [9.17, 15) is 8.42 Å². The van der Waals surface area contributed by atoms with Crippen molar-refractivity contribution in [1.29, 1.82) is 0 Å². The van der Waals surface area contributed by atoms with Gasteiger partial charge in [-0.1, -0.05) is 12.1 Å². The highest BCUT2D eigenvalue weighted by atomic mass is 127. The van der Waals surface area contributed by atoms with E-state index in [0.29, 0.717) is 36.5 Å². The molecule has 134 valence electrons. The van der Waals surface area contributed by atoms with E-state index >= 15 is 0 Å². The van der Waals surface area contributed by atoms with E-state index in [1.165, 1.54) is 12.8 Å². The van der Waals surface area contributed by atoms with E-state index < -0.39 is 10.0 Å². The second-order valence-electron chi connectivity index (χ2n) is 6.27. The van der Waals surface area contributed by atoms with Gasteiger partial charge in [-0.15, -0.1) is 24.0 Å². The molecule has 1 saturated carbocycles. The van der Waals surface area contributed by atoms with Gasteiger partial charge in [-0.3, -0.25) is 0 Å². The molecular formula is C16H25IN4O2S. The Morgan fingerprint density at radius 1 is 1.25 bits per heavy atom. The molecule has 24 heavy (non-hydrogen) atoms. The fraction of sp³-hybridized carbons (Fsp3) is 0.562. The standard InChI is InChI=1S/C16H24N4O2S.HI/c1-19(14-6-7-14)16(17)18-12-13-4-8-15(9-5-13)23(21,22)20-10-2-3-11-20;/h4-5,8-9,14H,2-3,6-7,10-12H2,1H3,(H2,17,18);1H. The van der Waals surface area contributed by atoms with Crippen molar-refractivity contribution in [2.75, 3.05) is 20.1 Å². The lowest BCUT2D eigenvalue weighted by atomic mass is 10.2. The normalized spacial score (nSPS) is 19.1. The van der Waals surface area contributed by atoms with Gasteiger partial charge in [0.2, 0.25) is 10.0 Å². The zero-order chi connectivity index (χ0) is 16.4. The number of hydrogen-bond donors (Lipinski definition) is 1. The Balaban J connectivity index is 0.00000208. The summed E-state index contributed by atoms with van der Waals surface area (Å²) in [4.78, 5) is 6.75. The van der Waals surface area contributed by atoms with Crippen LogP contribution in [0.15, 0.2) is 34.2 Å². The maximum absolute atomic E-state index is 12.5. The van der Waals surface area contributed by atoms with Gasteiger partial charge in [0.15, 0.2) is 5.96 Å². The van der Waals surface area contributed by atoms with Crippen molar-refractivity contribution in [3.63, 3.8) is 0 Å². The van der Waals surface area contributed by atoms with Gasteiger partial charge < -0.3 is 10.6 Å². The fourth-order valence-electron chi connectivity index (χ4n) is 2.78. The van der Waals surface area contributed by atoms with Crippen molar-refractivity contribution in [2.45, 2.75) is 43.2 Å². The molecule has 1 aromatic carbocycles. The van der Waals surface area contributed by atoms with E-state index in [1.54, 1.807) is 16.4 Å². The molecular weight excluding hydrogens is 439 g/mol. The van der Waals surface area contributed by atoms with Crippen LogP contribution in [0.25, 0.3) is 0 Å². The monoisotopic (exact) mass is 464 g/mol. The number of hydrogen-bond acceptors (Lipinski definition) is 3. The highest BCUT2D eigenvalue weighted by Gasteiger charge is 2.28. The van der Waals surface area contributed by atoms with Crippen LogP contribution in [0.2, 0.25) is 0 Å². The summed E-state index contributed by atoms with van der Waals surface area (Å²) >= 11 is 0. The van der Waals surface area contributed by atoms with Crippen LogP contribution in [0.4, 0.5) is 0 Å². The largest absolute Gasteiger partial charge is 0.370 e. The summed E-state index contributed by atoms with van der Waals surface area (Å²) in [5.74, 6) is 0.543. The van der Waals surface area contributed by atoms with Gasteiger partial charge in [0.1, 0.15) is 0 Å². The Hall–Kier alpha value is -0.870. The number of halogens is 1. The Kier molecular flexibility index (Phi) is 6.49. The van der Waals surface area contributed by atoms with Crippen LogP contribution in [0.3, 0.4) is 0 Å². The number of nitrogens with two attached hydrogens (primary N) is 1. The number of sulfonamides is 1. The Labute approximate surface area is 161 Å². The number of aliphatic imine (C=N–C) groups is 1. The van der Waals surface area contributed by atoms with Crippen LogP contribution in [0.5, 0.6) is 0 Å². The second-order valence-corrected chi connectivity index (χ2v) is 8.21. The van der Waals surface area contributed by atoms with Crippen molar-refractivity contribution in [1.82, 2.24) is 9.21 Å². The number of guanidine groups is 1. The first kappa shape index (κ1) is 19.5. The molecule has 1 heterocycles. The molecule has 6 nitrogen and oxygen atoms in total. The molecule has 3 rings (SSSR count). The van der Waals surface area contributed by atoms with Crippen molar-refractivity contribution in [3.8, 4) is 0 Å². The van der Waals surface area contributed by atoms with E-state index in [4.69, 9.17) is 5.73 Å². The number of benzene rings is 1. The predicted molar refractivity (Wildman–Crippen MR) is 106 cm³/mol. The molecule has 1 aliphatic heterocycles. The minimum atomic E-state index is -3.34. The summed E-state index contributed by atoms with van der Waals surface area (Å²) in [5.41, 5.74) is 6.92. The van der Waals surface area contributed by atoms with Crippen molar-refractivity contribution < 1.29 is 8.42 Å². The Bertz CT molecular complexity index is 681. The van der Waals surface area contributed by atoms with Gasteiger partial charge in [-0.2, -0.15) is 4.31 Å². The predicted octanol–water partition coefficient (Wildman–Crippen LogP) is 2.00. The average molecular weight is 464 g/mol. The third-order valence-corrected chi connectivity index (χ3v) is 6.42. The molecule has 0 atom stereocenters. The maximum Gasteiger partial charge on any atom is 0.243 e. The van der Waals surface area contributed by atoms with Gasteiger partial charge >= 0.3 is 0 Å². The Morgan fingerprint density at radius 3 is 2.38 bits per heavy atom. The Morgan fingerprint density at radius 2 is 1.83 bits per heavy atom. The SMILES string of the molecule is CN(C(N)=NCc1ccc(S(=O)(=O)N2CCCC2)cc1)C1CC1.I. The molecule has 2 fully saturated rings. The number of rotatable bonds is 5. The minimum absolute atomic E-state index is 0.